The Kier molecular flexibility index (Phi) is 16.4. The lowest BCUT2D eigenvalue weighted by atomic mass is 10.0. The van der Waals surface area contributed by atoms with Gasteiger partial charge in [0.2, 0.25) is 6.79 Å². The number of aromatic nitrogens is 2. The van der Waals surface area contributed by atoms with Crippen LogP contribution in [0.15, 0.2) is 48.7 Å². The number of benzene rings is 1. The topological polar surface area (TPSA) is 229 Å². The molecule has 3 aliphatic rings. The molecule has 2 saturated heterocycles. The number of thiophene rings is 1. The molecule has 6 heterocycles. The Balaban J connectivity index is 0.000000225. The van der Waals surface area contributed by atoms with Gasteiger partial charge >= 0.3 is 36.1 Å². The normalized spacial score (nSPS) is 15.5. The number of carbonyl (C=O) groups is 5. The van der Waals surface area contributed by atoms with Gasteiger partial charge in [-0.1, -0.05) is 23.2 Å². The molecule has 0 bridgehead atoms. The van der Waals surface area contributed by atoms with E-state index < -0.39 is 47.4 Å². The first-order chi connectivity index (χ1) is 32.0. The highest BCUT2D eigenvalue weighted by Crippen LogP contribution is 2.36. The van der Waals surface area contributed by atoms with Gasteiger partial charge in [0.15, 0.2) is 17.2 Å². The fraction of sp³-hybridized carbons (Fsp3) is 0.381. The molecule has 0 aliphatic carbocycles. The number of amides is 4. The first-order valence-corrected chi connectivity index (χ1v) is 22.1. The van der Waals surface area contributed by atoms with Crippen LogP contribution in [0.1, 0.15) is 58.7 Å². The molecule has 1 aromatic carbocycles. The van der Waals surface area contributed by atoms with Crippen LogP contribution in [0.2, 0.25) is 9.36 Å². The smallest absolute Gasteiger partial charge is 0.434 e. The lowest BCUT2D eigenvalue weighted by molar-refractivity contribution is -0.141. The third-order valence-electron chi connectivity index (χ3n) is 10.2. The molecule has 0 radical (unpaired) electrons. The minimum atomic E-state index is -5.02. The predicted molar refractivity (Wildman–Crippen MR) is 238 cm³/mol. The van der Waals surface area contributed by atoms with E-state index in [0.717, 1.165) is 17.4 Å². The van der Waals surface area contributed by atoms with Crippen molar-refractivity contribution in [3.8, 4) is 17.6 Å². The van der Waals surface area contributed by atoms with E-state index in [0.29, 0.717) is 69.1 Å². The third-order valence-corrected chi connectivity index (χ3v) is 11.7. The summed E-state index contributed by atoms with van der Waals surface area (Å²) in [5.41, 5.74) is -1.72. The Morgan fingerprint density at radius 2 is 1.60 bits per heavy atom. The zero-order valence-corrected chi connectivity index (χ0v) is 38.1. The highest BCUT2D eigenvalue weighted by Gasteiger charge is 2.41. The second-order valence-corrected chi connectivity index (χ2v) is 16.7. The Hall–Kier alpha value is -6.77. The Morgan fingerprint density at radius 3 is 2.24 bits per heavy atom. The van der Waals surface area contributed by atoms with Gasteiger partial charge in [-0.25, -0.2) is 29.1 Å². The molecule has 19 nitrogen and oxygen atoms in total. The maximum Gasteiger partial charge on any atom is 0.434 e. The molecule has 67 heavy (non-hydrogen) atoms. The fourth-order valence-electron chi connectivity index (χ4n) is 7.11. The highest BCUT2D eigenvalue weighted by atomic mass is 35.5. The third kappa shape index (κ3) is 12.6. The van der Waals surface area contributed by atoms with Gasteiger partial charge in [0.05, 0.1) is 50.3 Å². The number of nitriles is 1. The molecule has 25 heteroatoms. The first kappa shape index (κ1) is 49.7. The largest absolute Gasteiger partial charge is 0.481 e. The van der Waals surface area contributed by atoms with Crippen LogP contribution < -0.4 is 29.9 Å². The summed E-state index contributed by atoms with van der Waals surface area (Å²) in [7, 11) is 0. The number of urea groups is 2. The van der Waals surface area contributed by atoms with Crippen molar-refractivity contribution < 1.29 is 61.2 Å². The maximum atomic E-state index is 13.8. The predicted octanol–water partition coefficient (Wildman–Crippen LogP) is 7.45. The minimum absolute atomic E-state index is 0.0000810. The number of carboxylic acid groups (broad SMARTS) is 1. The number of pyridine rings is 2. The van der Waals surface area contributed by atoms with Gasteiger partial charge in [-0.2, -0.15) is 18.4 Å². The second kappa shape index (κ2) is 22.1. The van der Waals surface area contributed by atoms with Crippen LogP contribution in [0.3, 0.4) is 0 Å². The van der Waals surface area contributed by atoms with Gasteiger partial charge in [0.1, 0.15) is 17.7 Å². The number of aliphatic carboxylic acids is 1. The van der Waals surface area contributed by atoms with E-state index in [1.807, 2.05) is 4.90 Å². The number of hydrogen-bond acceptors (Lipinski definition) is 15. The molecule has 1 unspecified atom stereocenters. The second-order valence-electron chi connectivity index (χ2n) is 14.6. The average molecular weight is 993 g/mol. The lowest BCUT2D eigenvalue weighted by Gasteiger charge is -2.42. The number of rotatable bonds is 11. The van der Waals surface area contributed by atoms with Crippen LogP contribution >= 0.6 is 34.5 Å². The van der Waals surface area contributed by atoms with Crippen LogP contribution in [0.4, 0.5) is 45.1 Å². The van der Waals surface area contributed by atoms with E-state index in [2.05, 4.69) is 20.6 Å². The molecular formula is C42H42Cl2F3N9O10S. The van der Waals surface area contributed by atoms with Gasteiger partial charge in [-0.05, 0) is 56.7 Å². The molecular weight excluding hydrogens is 950 g/mol. The zero-order chi connectivity index (χ0) is 48.4. The summed E-state index contributed by atoms with van der Waals surface area (Å²) in [5, 5.41) is 25.2. The number of fused-ring (bicyclic) bond motifs is 1. The van der Waals surface area contributed by atoms with Crippen molar-refractivity contribution in [1.29, 1.82) is 5.26 Å². The van der Waals surface area contributed by atoms with Crippen molar-refractivity contribution in [2.24, 2.45) is 0 Å². The Labute approximate surface area is 394 Å². The van der Waals surface area contributed by atoms with Crippen LogP contribution in [0.25, 0.3) is 0 Å². The SMILES string of the molecule is CCOC(=O)c1cc(C#N)c(N2CCN(C(=O)Nc3ccc(Cl)s3)C(CCC(=O)O)C2)nc1C(F)(F)F.CCOC(=O)c1cnc(N2CCN(C(=O)Nc3ccc4c(c3)OCO4)CC2)c(Cl)c1. The van der Waals surface area contributed by atoms with Crippen molar-refractivity contribution >= 4 is 86.8 Å². The van der Waals surface area contributed by atoms with E-state index in [1.165, 1.54) is 22.9 Å². The Morgan fingerprint density at radius 1 is 0.896 bits per heavy atom. The molecule has 2 fully saturated rings. The van der Waals surface area contributed by atoms with Gasteiger partial charge in [0.25, 0.3) is 0 Å². The Bertz CT molecular complexity index is 2540. The number of esters is 2. The van der Waals surface area contributed by atoms with Crippen LogP contribution in [-0.2, 0) is 20.4 Å². The molecule has 4 aromatic rings. The van der Waals surface area contributed by atoms with Gasteiger partial charge < -0.3 is 49.0 Å². The van der Waals surface area contributed by atoms with Crippen LogP contribution in [0.5, 0.6) is 11.5 Å². The number of halogens is 5. The molecule has 0 spiro atoms. The molecule has 0 saturated carbocycles. The van der Waals surface area contributed by atoms with Crippen LogP contribution in [0, 0.1) is 11.3 Å². The summed E-state index contributed by atoms with van der Waals surface area (Å²) in [6.07, 6.45) is -3.87. The summed E-state index contributed by atoms with van der Waals surface area (Å²) < 4.78 is 62.1. The molecule has 3 aromatic heterocycles. The lowest BCUT2D eigenvalue weighted by Crippen LogP contribution is -2.56. The number of anilines is 4. The van der Waals surface area contributed by atoms with Gasteiger partial charge in [0, 0.05) is 70.2 Å². The highest BCUT2D eigenvalue weighted by molar-refractivity contribution is 7.20. The van der Waals surface area contributed by atoms with Crippen molar-refractivity contribution in [2.75, 3.05) is 86.3 Å². The molecule has 7 rings (SSSR count). The van der Waals surface area contributed by atoms with Crippen LogP contribution in [-0.4, -0.2) is 127 Å². The molecule has 3 N–H and O–H groups in total. The number of alkyl halides is 3. The number of nitrogens with one attached hydrogen (secondary N) is 2. The maximum absolute atomic E-state index is 13.8. The number of carboxylic acids is 1. The van der Waals surface area contributed by atoms with Crippen molar-refractivity contribution in [3.05, 3.63) is 80.4 Å². The monoisotopic (exact) mass is 991 g/mol. The van der Waals surface area contributed by atoms with E-state index >= 15 is 0 Å². The summed E-state index contributed by atoms with van der Waals surface area (Å²) in [6.45, 7) is 5.53. The first-order valence-electron chi connectivity index (χ1n) is 20.5. The average Bonchev–Trinajstić information content (AvgIpc) is 3.95. The summed E-state index contributed by atoms with van der Waals surface area (Å²) in [5.74, 6) is -1.29. The number of nitrogens with zero attached hydrogens (tertiary/aromatic N) is 7. The number of piperazine rings is 2. The summed E-state index contributed by atoms with van der Waals surface area (Å²) in [4.78, 5) is 75.1. The minimum Gasteiger partial charge on any atom is -0.481 e. The zero-order valence-electron chi connectivity index (χ0n) is 35.7. The molecule has 3 aliphatic heterocycles. The van der Waals surface area contributed by atoms with Crippen molar-refractivity contribution in [1.82, 2.24) is 19.8 Å². The van der Waals surface area contributed by atoms with Gasteiger partial charge in [-0.3, -0.25) is 10.1 Å². The van der Waals surface area contributed by atoms with Gasteiger partial charge in [-0.15, -0.1) is 11.3 Å². The van der Waals surface area contributed by atoms with E-state index in [9.17, 15) is 42.4 Å². The van der Waals surface area contributed by atoms with Crippen molar-refractivity contribution in [3.63, 3.8) is 0 Å². The molecule has 1 atom stereocenters. The standard InChI is InChI=1S/C22H21ClF3N5O5S.C20H21ClN4O5/c1-2-36-20(34)14-9-12(10-27)19(29-18(14)22(24,25)26)30-7-8-31(13(11-30)3-6-17(32)33)21(35)28-16-5-4-15(23)37-16;1-2-28-19(26)13-9-15(21)18(22-11-13)24-5-7-25(8-6-24)20(27)23-14-3-4-16-17(10-14)30-12-29-16/h4-5,9,13H,2-3,6-8,11H2,1H3,(H,28,35)(H,32,33);3-4,9-11H,2,5-8,12H2,1H3,(H,23,27). The fourth-order valence-corrected chi connectivity index (χ4v) is 8.32. The van der Waals surface area contributed by atoms with E-state index in [-0.39, 0.29) is 69.9 Å². The molecule has 356 valence electrons. The van der Waals surface area contributed by atoms with E-state index in [4.69, 9.17) is 47.3 Å². The summed E-state index contributed by atoms with van der Waals surface area (Å²) in [6, 6.07) is 11.1. The number of ether oxygens (including phenoxy) is 4. The summed E-state index contributed by atoms with van der Waals surface area (Å²) >= 11 is 13.3. The molecule has 4 amide bonds. The number of carbonyl (C=O) groups excluding carboxylic acids is 4. The quantitative estimate of drug-likeness (QED) is 0.124. The van der Waals surface area contributed by atoms with E-state index in [1.54, 1.807) is 54.3 Å². The van der Waals surface area contributed by atoms with Crippen molar-refractivity contribution in [2.45, 2.75) is 38.9 Å². The number of hydrogen-bond donors (Lipinski definition) is 3.